The molecule has 2 fully saturated rings. The van der Waals surface area contributed by atoms with Gasteiger partial charge in [-0.15, -0.1) is 0 Å². The summed E-state index contributed by atoms with van der Waals surface area (Å²) in [6, 6.07) is -2.23. The van der Waals surface area contributed by atoms with Gasteiger partial charge in [0, 0.05) is 13.3 Å². The molecule has 0 aliphatic carbocycles. The van der Waals surface area contributed by atoms with Crippen molar-refractivity contribution in [1.82, 2.24) is 5.32 Å². The number of aliphatic hydroxyl groups excluding tert-OH is 6. The molecule has 2 heterocycles. The first-order valence-corrected chi connectivity index (χ1v) is 10.1. The van der Waals surface area contributed by atoms with E-state index in [1.165, 1.54) is 0 Å². The molecule has 0 aromatic rings. The van der Waals surface area contributed by atoms with Crippen LogP contribution in [0.5, 0.6) is 0 Å². The van der Waals surface area contributed by atoms with Crippen LogP contribution < -0.4 is 11.1 Å². The van der Waals surface area contributed by atoms with Crippen LogP contribution in [0.15, 0.2) is 0 Å². The molecule has 2 aliphatic heterocycles. The molecular weight excluding hydrogens is 436 g/mol. The number of nitrogens with two attached hydrogens (primary N) is 1. The molecule has 2 rings (SSSR count). The number of carboxylic acids is 1. The quantitative estimate of drug-likeness (QED) is 0.162. The first-order chi connectivity index (χ1) is 14.8. The van der Waals surface area contributed by atoms with Gasteiger partial charge in [0.1, 0.15) is 36.6 Å². The molecule has 0 bridgehead atoms. The molecule has 0 saturated carbocycles. The third-order valence-corrected chi connectivity index (χ3v) is 5.72. The van der Waals surface area contributed by atoms with Crippen LogP contribution in [0.1, 0.15) is 20.3 Å². The van der Waals surface area contributed by atoms with Crippen molar-refractivity contribution in [3.63, 3.8) is 0 Å². The van der Waals surface area contributed by atoms with E-state index in [1.807, 2.05) is 0 Å². The molecular formula is C18H32N2O12. The van der Waals surface area contributed by atoms with Crippen LogP contribution in [0.4, 0.5) is 0 Å². The topological polar surface area (TPSA) is 241 Å². The lowest BCUT2D eigenvalue weighted by Crippen LogP contribution is -2.68. The van der Waals surface area contributed by atoms with Gasteiger partial charge in [0.15, 0.2) is 0 Å². The largest absolute Gasteiger partial charge is 0.477 e. The van der Waals surface area contributed by atoms with Crippen LogP contribution in [0.25, 0.3) is 0 Å². The van der Waals surface area contributed by atoms with E-state index in [9.17, 15) is 40.2 Å². The summed E-state index contributed by atoms with van der Waals surface area (Å²) in [5, 5.41) is 72.2. The zero-order valence-corrected chi connectivity index (χ0v) is 17.6. The molecule has 14 nitrogen and oxygen atoms in total. The highest BCUT2D eigenvalue weighted by Crippen LogP contribution is 2.34. The number of amides is 1. The Morgan fingerprint density at radius 3 is 2.41 bits per heavy atom. The smallest absolute Gasteiger partial charge is 0.364 e. The minimum absolute atomic E-state index is 0.607. The molecule has 0 aromatic carbocycles. The molecule has 0 aromatic heterocycles. The van der Waals surface area contributed by atoms with Gasteiger partial charge in [-0.3, -0.25) is 4.79 Å². The summed E-state index contributed by atoms with van der Waals surface area (Å²) in [7, 11) is 0. The average Bonchev–Trinajstić information content (AvgIpc) is 2.73. The van der Waals surface area contributed by atoms with Crippen molar-refractivity contribution in [1.29, 1.82) is 0 Å². The molecule has 2 saturated heterocycles. The Balaban J connectivity index is 2.27. The van der Waals surface area contributed by atoms with Crippen LogP contribution in [0.3, 0.4) is 0 Å². The zero-order valence-electron chi connectivity index (χ0n) is 17.6. The normalized spacial score (nSPS) is 42.2. The molecule has 9 unspecified atom stereocenters. The predicted molar refractivity (Wildman–Crippen MR) is 103 cm³/mol. The van der Waals surface area contributed by atoms with Gasteiger partial charge in [-0.2, -0.15) is 0 Å². The highest BCUT2D eigenvalue weighted by molar-refractivity contribution is 5.76. The first-order valence-electron chi connectivity index (χ1n) is 10.1. The summed E-state index contributed by atoms with van der Waals surface area (Å²) in [6.07, 6.45) is -12.5. The van der Waals surface area contributed by atoms with Crippen molar-refractivity contribution < 1.29 is 59.5 Å². The van der Waals surface area contributed by atoms with Crippen LogP contribution in [0.2, 0.25) is 0 Å². The number of hydrogen-bond donors (Lipinski definition) is 9. The third kappa shape index (κ3) is 5.53. The Labute approximate surface area is 183 Å². The van der Waals surface area contributed by atoms with Gasteiger partial charge in [-0.1, -0.05) is 0 Å². The maximum Gasteiger partial charge on any atom is 0.364 e. The molecule has 1 amide bonds. The summed E-state index contributed by atoms with van der Waals surface area (Å²) in [5.41, 5.74) is 5.72. The average molecular weight is 468 g/mol. The van der Waals surface area contributed by atoms with Gasteiger partial charge in [-0.25, -0.2) is 4.79 Å². The minimum atomic E-state index is -2.58. The number of nitrogens with one attached hydrogen (secondary N) is 1. The fraction of sp³-hybridized carbons (Fsp3) is 0.889. The molecule has 32 heavy (non-hydrogen) atoms. The monoisotopic (exact) mass is 468 g/mol. The Morgan fingerprint density at radius 2 is 1.88 bits per heavy atom. The molecule has 0 spiro atoms. The van der Waals surface area contributed by atoms with Gasteiger partial charge < -0.3 is 61.0 Å². The van der Waals surface area contributed by atoms with Crippen molar-refractivity contribution in [2.45, 2.75) is 87.0 Å². The summed E-state index contributed by atoms with van der Waals surface area (Å²) in [4.78, 5) is 23.6. The fourth-order valence-electron chi connectivity index (χ4n) is 3.80. The second kappa shape index (κ2) is 10.6. The predicted octanol–water partition coefficient (Wildman–Crippen LogP) is -5.01. The van der Waals surface area contributed by atoms with E-state index in [-0.39, 0.29) is 0 Å². The summed E-state index contributed by atoms with van der Waals surface area (Å²) in [6.45, 7) is 1.14. The van der Waals surface area contributed by atoms with Crippen LogP contribution in [-0.2, 0) is 23.8 Å². The van der Waals surface area contributed by atoms with E-state index in [1.54, 1.807) is 6.92 Å². The van der Waals surface area contributed by atoms with Crippen LogP contribution in [-0.4, -0.2) is 128 Å². The van der Waals surface area contributed by atoms with Gasteiger partial charge in [0.25, 0.3) is 5.79 Å². The highest BCUT2D eigenvalue weighted by Gasteiger charge is 2.56. The summed E-state index contributed by atoms with van der Waals surface area (Å²) in [5.74, 6) is -4.91. The fourth-order valence-corrected chi connectivity index (χ4v) is 3.80. The van der Waals surface area contributed by atoms with Crippen LogP contribution in [0, 0.1) is 0 Å². The van der Waals surface area contributed by atoms with E-state index in [2.05, 4.69) is 5.32 Å². The first kappa shape index (κ1) is 26.8. The van der Waals surface area contributed by atoms with E-state index in [0.29, 0.717) is 0 Å². The Morgan fingerprint density at radius 1 is 1.25 bits per heavy atom. The second-order valence-corrected chi connectivity index (χ2v) is 8.13. The van der Waals surface area contributed by atoms with E-state index < -0.39 is 98.2 Å². The lowest BCUT2D eigenvalue weighted by molar-refractivity contribution is -0.321. The Kier molecular flexibility index (Phi) is 8.91. The number of carbonyl (C=O) groups is 2. The Hall–Kier alpha value is -1.46. The minimum Gasteiger partial charge on any atom is -0.477 e. The van der Waals surface area contributed by atoms with E-state index in [0.717, 1.165) is 6.92 Å². The number of hydrogen-bond acceptors (Lipinski definition) is 12. The lowest BCUT2D eigenvalue weighted by Gasteiger charge is -2.47. The summed E-state index contributed by atoms with van der Waals surface area (Å²) < 4.78 is 16.3. The maximum atomic E-state index is 12.1. The molecule has 10 N–H and O–H groups in total. The van der Waals surface area contributed by atoms with Gasteiger partial charge in [0.2, 0.25) is 5.91 Å². The van der Waals surface area contributed by atoms with Crippen molar-refractivity contribution in [2.75, 3.05) is 13.2 Å². The molecule has 2 aliphatic rings. The second-order valence-electron chi connectivity index (χ2n) is 8.13. The Bertz CT molecular complexity index is 668. The van der Waals surface area contributed by atoms with E-state index >= 15 is 0 Å². The lowest BCUT2D eigenvalue weighted by atomic mass is 9.88. The van der Waals surface area contributed by atoms with Crippen molar-refractivity contribution in [2.24, 2.45) is 5.73 Å². The van der Waals surface area contributed by atoms with Gasteiger partial charge in [-0.05, 0) is 6.92 Å². The SMILES string of the molecule is CC(=O)NC1C(O)CC(OCC2OC(C)C(N)C(O)C2O)(C(=O)O)OC1[C@H](O)[C@H](O)CO. The third-order valence-electron chi connectivity index (χ3n) is 5.72. The maximum absolute atomic E-state index is 12.1. The molecule has 11 atom stereocenters. The number of ether oxygens (including phenoxy) is 3. The molecule has 14 heteroatoms. The van der Waals surface area contributed by atoms with Crippen molar-refractivity contribution in [3.8, 4) is 0 Å². The number of carbonyl (C=O) groups excluding carboxylic acids is 1. The van der Waals surface area contributed by atoms with Crippen molar-refractivity contribution >= 4 is 11.9 Å². The highest BCUT2D eigenvalue weighted by atomic mass is 16.7. The van der Waals surface area contributed by atoms with Crippen molar-refractivity contribution in [3.05, 3.63) is 0 Å². The number of carboxylic acid groups (broad SMARTS) is 1. The standard InChI is InChI=1S/C18H32N2O12/c1-6-11(19)15(27)14(26)10(31-6)5-30-18(17(28)29)3-8(23)12(20-7(2)22)16(32-18)13(25)9(24)4-21/h6,8-16,21,23-27H,3-5,19H2,1-2H3,(H,20,22)(H,28,29)/t6?,8?,9-,10?,11?,12?,13-,14?,15?,16?,18?/m1/s1. The van der Waals surface area contributed by atoms with Crippen LogP contribution >= 0.6 is 0 Å². The van der Waals surface area contributed by atoms with Gasteiger partial charge >= 0.3 is 5.97 Å². The molecule has 186 valence electrons. The van der Waals surface area contributed by atoms with E-state index in [4.69, 9.17) is 25.1 Å². The number of rotatable bonds is 8. The number of aliphatic carboxylic acids is 1. The zero-order chi connectivity index (χ0) is 24.4. The number of aliphatic hydroxyl groups is 6. The molecule has 0 radical (unpaired) electrons. The summed E-state index contributed by atoms with van der Waals surface area (Å²) >= 11 is 0. The van der Waals surface area contributed by atoms with Gasteiger partial charge in [0.05, 0.1) is 37.5 Å².